The van der Waals surface area contributed by atoms with Crippen LogP contribution in [0.15, 0.2) is 0 Å². The van der Waals surface area contributed by atoms with Crippen molar-refractivity contribution in [2.45, 2.75) is 51.9 Å². The highest BCUT2D eigenvalue weighted by atomic mass is 28.3. The van der Waals surface area contributed by atoms with Crippen LogP contribution >= 0.6 is 0 Å². The number of aliphatic hydroxyl groups is 2. The summed E-state index contributed by atoms with van der Waals surface area (Å²) in [5.74, 6) is 2.79. The fourth-order valence-electron chi connectivity index (χ4n) is 1.48. The van der Waals surface area contributed by atoms with E-state index in [2.05, 4.69) is 32.2 Å². The molecule has 0 bridgehead atoms. The molecular formula is C12H24O2Si. The van der Waals surface area contributed by atoms with Crippen LogP contribution < -0.4 is 0 Å². The minimum Gasteiger partial charge on any atom is -0.396 e. The first kappa shape index (κ1) is 14.7. The van der Waals surface area contributed by atoms with Crippen molar-refractivity contribution in [3.05, 3.63) is 0 Å². The lowest BCUT2D eigenvalue weighted by Gasteiger charge is -2.21. The number of aliphatic hydroxyl groups excluding tert-OH is 2. The Balaban J connectivity index is 4.59. The third-order valence-corrected chi connectivity index (χ3v) is 8.08. The molecule has 0 spiro atoms. The van der Waals surface area contributed by atoms with Crippen LogP contribution in [-0.2, 0) is 0 Å². The SMILES string of the molecule is CC[Si](C#C[C@@H](O)[C@@H](C)CO)(CC)CC. The predicted molar refractivity (Wildman–Crippen MR) is 67.2 cm³/mol. The van der Waals surface area contributed by atoms with Gasteiger partial charge in [0.2, 0.25) is 0 Å². The molecule has 88 valence electrons. The Hall–Kier alpha value is -0.303. The molecule has 0 unspecified atom stereocenters. The van der Waals surface area contributed by atoms with Crippen LogP contribution in [0, 0.1) is 17.4 Å². The predicted octanol–water partition coefficient (Wildman–Crippen LogP) is 2.03. The lowest BCUT2D eigenvalue weighted by atomic mass is 10.1. The van der Waals surface area contributed by atoms with Gasteiger partial charge in [-0.2, -0.15) is 0 Å². The second-order valence-electron chi connectivity index (χ2n) is 4.22. The summed E-state index contributed by atoms with van der Waals surface area (Å²) in [6.45, 7) is 8.38. The van der Waals surface area contributed by atoms with E-state index in [1.54, 1.807) is 0 Å². The maximum absolute atomic E-state index is 9.66. The summed E-state index contributed by atoms with van der Waals surface area (Å²) in [7, 11) is -1.44. The van der Waals surface area contributed by atoms with E-state index < -0.39 is 14.2 Å². The normalized spacial score (nSPS) is 15.3. The monoisotopic (exact) mass is 228 g/mol. The molecule has 0 aliphatic heterocycles. The summed E-state index contributed by atoms with van der Waals surface area (Å²) < 4.78 is 0. The van der Waals surface area contributed by atoms with Gasteiger partial charge in [-0.15, -0.1) is 5.54 Å². The van der Waals surface area contributed by atoms with Crippen LogP contribution in [0.2, 0.25) is 18.1 Å². The largest absolute Gasteiger partial charge is 0.396 e. The second kappa shape index (κ2) is 7.05. The highest BCUT2D eigenvalue weighted by Gasteiger charge is 2.24. The molecule has 0 rings (SSSR count). The van der Waals surface area contributed by atoms with Gasteiger partial charge in [0, 0.05) is 12.5 Å². The summed E-state index contributed by atoms with van der Waals surface area (Å²) in [6, 6.07) is 3.44. The first-order valence-corrected chi connectivity index (χ1v) is 8.49. The van der Waals surface area contributed by atoms with E-state index in [-0.39, 0.29) is 12.5 Å². The third kappa shape index (κ3) is 4.37. The van der Waals surface area contributed by atoms with E-state index in [1.165, 1.54) is 0 Å². The smallest absolute Gasteiger partial charge is 0.137 e. The van der Waals surface area contributed by atoms with Crippen molar-refractivity contribution in [2.24, 2.45) is 5.92 Å². The van der Waals surface area contributed by atoms with Crippen molar-refractivity contribution >= 4 is 8.07 Å². The molecule has 0 radical (unpaired) electrons. The molecule has 0 heterocycles. The first-order chi connectivity index (χ1) is 7.05. The molecule has 3 heteroatoms. The molecule has 0 aromatic heterocycles. The van der Waals surface area contributed by atoms with Gasteiger partial charge in [-0.25, -0.2) is 0 Å². The van der Waals surface area contributed by atoms with Gasteiger partial charge in [-0.3, -0.25) is 0 Å². The minimum absolute atomic E-state index is 0.00518. The molecule has 0 aromatic rings. The van der Waals surface area contributed by atoms with Gasteiger partial charge >= 0.3 is 0 Å². The Bertz CT molecular complexity index is 217. The van der Waals surface area contributed by atoms with Crippen LogP contribution in [0.3, 0.4) is 0 Å². The lowest BCUT2D eigenvalue weighted by molar-refractivity contribution is 0.118. The van der Waals surface area contributed by atoms with Crippen molar-refractivity contribution in [3.8, 4) is 11.5 Å². The highest BCUT2D eigenvalue weighted by Crippen LogP contribution is 2.18. The average Bonchev–Trinajstić information content (AvgIpc) is 2.30. The average molecular weight is 228 g/mol. The Kier molecular flexibility index (Phi) is 6.91. The molecule has 2 nitrogen and oxygen atoms in total. The molecule has 2 atom stereocenters. The number of rotatable bonds is 5. The summed E-state index contributed by atoms with van der Waals surface area (Å²) in [6.07, 6.45) is -0.675. The molecule has 0 amide bonds. The zero-order chi connectivity index (χ0) is 11.9. The molecular weight excluding hydrogens is 204 g/mol. The summed E-state index contributed by atoms with van der Waals surface area (Å²) in [5, 5.41) is 18.5. The quantitative estimate of drug-likeness (QED) is 0.558. The molecule has 0 saturated carbocycles. The topological polar surface area (TPSA) is 40.5 Å². The van der Waals surface area contributed by atoms with E-state index in [0.29, 0.717) is 0 Å². The van der Waals surface area contributed by atoms with E-state index in [1.807, 2.05) is 6.92 Å². The van der Waals surface area contributed by atoms with Crippen molar-refractivity contribution < 1.29 is 10.2 Å². The maximum Gasteiger partial charge on any atom is 0.137 e. The van der Waals surface area contributed by atoms with Crippen LogP contribution in [-0.4, -0.2) is 31.0 Å². The van der Waals surface area contributed by atoms with Crippen LogP contribution in [0.25, 0.3) is 0 Å². The van der Waals surface area contributed by atoms with E-state index in [4.69, 9.17) is 5.11 Å². The fraction of sp³-hybridized carbons (Fsp3) is 0.833. The fourth-order valence-corrected chi connectivity index (χ4v) is 3.97. The number of hydrogen-bond acceptors (Lipinski definition) is 2. The molecule has 0 saturated heterocycles. The van der Waals surface area contributed by atoms with Crippen molar-refractivity contribution in [2.75, 3.05) is 6.61 Å². The molecule has 0 fully saturated rings. The van der Waals surface area contributed by atoms with Crippen LogP contribution in [0.5, 0.6) is 0 Å². The maximum atomic E-state index is 9.66. The van der Waals surface area contributed by atoms with Gasteiger partial charge in [0.05, 0.1) is 0 Å². The Morgan fingerprint density at radius 3 is 1.93 bits per heavy atom. The summed E-state index contributed by atoms with van der Waals surface area (Å²) >= 11 is 0. The Morgan fingerprint density at radius 2 is 1.60 bits per heavy atom. The van der Waals surface area contributed by atoms with Gasteiger partial charge < -0.3 is 10.2 Å². The summed E-state index contributed by atoms with van der Waals surface area (Å²) in [5.41, 5.74) is 3.33. The molecule has 0 aliphatic carbocycles. The van der Waals surface area contributed by atoms with Gasteiger partial charge in [-0.1, -0.05) is 33.6 Å². The van der Waals surface area contributed by atoms with Gasteiger partial charge in [0.1, 0.15) is 14.2 Å². The standard InChI is InChI=1S/C12H24O2Si/c1-5-15(6-2,7-3)9-8-12(14)11(4)10-13/h11-14H,5-7,10H2,1-4H3/t11-,12+/m0/s1. The lowest BCUT2D eigenvalue weighted by Crippen LogP contribution is -2.30. The molecule has 2 N–H and O–H groups in total. The van der Waals surface area contributed by atoms with Gasteiger partial charge in [-0.05, 0) is 18.1 Å². The molecule has 15 heavy (non-hydrogen) atoms. The number of hydrogen-bond donors (Lipinski definition) is 2. The Morgan fingerprint density at radius 1 is 1.13 bits per heavy atom. The zero-order valence-electron chi connectivity index (χ0n) is 10.4. The molecule has 0 aliphatic rings. The van der Waals surface area contributed by atoms with E-state index in [0.717, 1.165) is 18.1 Å². The third-order valence-electron chi connectivity index (χ3n) is 3.34. The van der Waals surface area contributed by atoms with Crippen LogP contribution in [0.1, 0.15) is 27.7 Å². The minimum atomic E-state index is -1.44. The highest BCUT2D eigenvalue weighted by molar-refractivity contribution is 6.87. The van der Waals surface area contributed by atoms with Crippen molar-refractivity contribution in [1.82, 2.24) is 0 Å². The van der Waals surface area contributed by atoms with Gasteiger partial charge in [0.15, 0.2) is 0 Å². The van der Waals surface area contributed by atoms with Crippen LogP contribution in [0.4, 0.5) is 0 Å². The second-order valence-corrected chi connectivity index (χ2v) is 9.15. The Labute approximate surface area is 94.7 Å². The van der Waals surface area contributed by atoms with E-state index in [9.17, 15) is 5.11 Å². The molecule has 0 aromatic carbocycles. The van der Waals surface area contributed by atoms with Crippen molar-refractivity contribution in [3.63, 3.8) is 0 Å². The van der Waals surface area contributed by atoms with Gasteiger partial charge in [0.25, 0.3) is 0 Å². The summed E-state index contributed by atoms with van der Waals surface area (Å²) in [4.78, 5) is 0. The zero-order valence-corrected chi connectivity index (χ0v) is 11.4. The first-order valence-electron chi connectivity index (χ1n) is 5.86. The van der Waals surface area contributed by atoms with Crippen molar-refractivity contribution in [1.29, 1.82) is 0 Å². The van der Waals surface area contributed by atoms with E-state index >= 15 is 0 Å².